The van der Waals surface area contributed by atoms with E-state index >= 15 is 0 Å². The number of nitrogens with two attached hydrogens (primary N) is 1. The minimum Gasteiger partial charge on any atom is -0.332 e. The maximum absolute atomic E-state index is 13.4. The van der Waals surface area contributed by atoms with Gasteiger partial charge in [-0.25, -0.2) is 8.78 Å². The lowest BCUT2D eigenvalue weighted by Crippen LogP contribution is -2.87. The fraction of sp³-hybridized carbons (Fsp3) is 0.300. The van der Waals surface area contributed by atoms with Crippen LogP contribution >= 0.6 is 0 Å². The molecule has 5 nitrogen and oxygen atoms in total. The second kappa shape index (κ2) is 7.08. The van der Waals surface area contributed by atoms with Gasteiger partial charge in [0.15, 0.2) is 18.2 Å². The van der Waals surface area contributed by atoms with E-state index < -0.39 is 17.2 Å². The van der Waals surface area contributed by atoms with E-state index in [2.05, 4.69) is 5.32 Å². The topological polar surface area (TPSA) is 66.0 Å². The van der Waals surface area contributed by atoms with Gasteiger partial charge in [0, 0.05) is 5.56 Å². The molecule has 0 aromatic heterocycles. The zero-order valence-corrected chi connectivity index (χ0v) is 15.4. The van der Waals surface area contributed by atoms with Crippen molar-refractivity contribution >= 4 is 23.2 Å². The molecule has 0 aliphatic carbocycles. The Morgan fingerprint density at radius 3 is 2.59 bits per heavy atom. The van der Waals surface area contributed by atoms with Gasteiger partial charge in [-0.2, -0.15) is 0 Å². The van der Waals surface area contributed by atoms with Gasteiger partial charge in [0.25, 0.3) is 5.91 Å². The molecule has 2 aromatic carbocycles. The van der Waals surface area contributed by atoms with Crippen LogP contribution in [0.25, 0.3) is 0 Å². The van der Waals surface area contributed by atoms with Crippen molar-refractivity contribution in [3.63, 3.8) is 0 Å². The highest BCUT2D eigenvalue weighted by molar-refractivity contribution is 6.14. The Morgan fingerprint density at radius 1 is 1.19 bits per heavy atom. The molecule has 1 atom stereocenters. The third-order valence-corrected chi connectivity index (χ3v) is 4.87. The molecule has 0 bridgehead atoms. The molecular formula is C20H22F2N3O2+. The van der Waals surface area contributed by atoms with Gasteiger partial charge in [0.05, 0.1) is 11.4 Å². The molecule has 1 heterocycles. The zero-order chi connectivity index (χ0) is 19.8. The maximum Gasteiger partial charge on any atom is 0.283 e. The number of nitrogens with one attached hydrogen (secondary N) is 1. The molecule has 1 aliphatic heterocycles. The summed E-state index contributed by atoms with van der Waals surface area (Å²) >= 11 is 0. The molecule has 7 heteroatoms. The minimum absolute atomic E-state index is 0.0607. The standard InChI is InChI=1S/C20H21F2N3O2/c1-12(13-8-9-14(21)15(22)10-13)23-11-18(26)25-17-7-5-4-6-16(17)24-19(27)20(25,2)3/h4-10,12,23H,11H2,1-3H3,(H,24,27)/p+1/t12-/m0/s1. The molecule has 1 aliphatic rings. The van der Waals surface area contributed by atoms with Crippen LogP contribution in [0.15, 0.2) is 42.5 Å². The highest BCUT2D eigenvalue weighted by Crippen LogP contribution is 2.36. The molecule has 0 saturated carbocycles. The molecule has 0 unspecified atom stereocenters. The summed E-state index contributed by atoms with van der Waals surface area (Å²) in [5, 5.41) is 4.55. The zero-order valence-electron chi connectivity index (χ0n) is 15.4. The third-order valence-electron chi connectivity index (χ3n) is 4.87. The van der Waals surface area contributed by atoms with Gasteiger partial charge in [-0.1, -0.05) is 12.1 Å². The third kappa shape index (κ3) is 3.55. The number of nitrogens with zero attached hydrogens (tertiary/aromatic N) is 1. The average molecular weight is 374 g/mol. The molecule has 3 N–H and O–H groups in total. The molecular weight excluding hydrogens is 352 g/mol. The number of rotatable bonds is 4. The number of carbonyl (C=O) groups excluding carboxylic acids is 2. The summed E-state index contributed by atoms with van der Waals surface area (Å²) in [6.45, 7) is 5.25. The fourth-order valence-corrected chi connectivity index (χ4v) is 3.20. The number of hydrogen-bond donors (Lipinski definition) is 2. The van der Waals surface area contributed by atoms with Crippen LogP contribution in [0.1, 0.15) is 32.4 Å². The largest absolute Gasteiger partial charge is 0.332 e. The van der Waals surface area contributed by atoms with Crippen molar-refractivity contribution in [3.05, 3.63) is 59.7 Å². The molecule has 2 amide bonds. The second-order valence-electron chi connectivity index (χ2n) is 7.16. The van der Waals surface area contributed by atoms with Crippen molar-refractivity contribution in [2.75, 3.05) is 16.8 Å². The summed E-state index contributed by atoms with van der Waals surface area (Å²) in [5.41, 5.74) is 0.771. The van der Waals surface area contributed by atoms with Gasteiger partial charge < -0.3 is 10.6 Å². The smallest absolute Gasteiger partial charge is 0.283 e. The summed E-state index contributed by atoms with van der Waals surface area (Å²) in [7, 11) is 0. The van der Waals surface area contributed by atoms with E-state index in [-0.39, 0.29) is 24.4 Å². The SMILES string of the molecule is C[C@H]([NH2+]CC(=O)N1c2ccccc2NC(=O)C1(C)C)c1ccc(F)c(F)c1. The lowest BCUT2D eigenvalue weighted by molar-refractivity contribution is -0.682. The Bertz CT molecular complexity index is 899. The summed E-state index contributed by atoms with van der Waals surface area (Å²) in [6, 6.07) is 10.6. The highest BCUT2D eigenvalue weighted by atomic mass is 19.2. The maximum atomic E-state index is 13.4. The van der Waals surface area contributed by atoms with Crippen LogP contribution in [0.2, 0.25) is 0 Å². The van der Waals surface area contributed by atoms with Gasteiger partial charge in [0.1, 0.15) is 11.6 Å². The molecule has 142 valence electrons. The van der Waals surface area contributed by atoms with E-state index in [0.717, 1.165) is 12.1 Å². The molecule has 2 aromatic rings. The molecule has 0 radical (unpaired) electrons. The predicted octanol–water partition coefficient (Wildman–Crippen LogP) is 2.35. The van der Waals surface area contributed by atoms with Crippen molar-refractivity contribution in [1.82, 2.24) is 0 Å². The summed E-state index contributed by atoms with van der Waals surface area (Å²) in [5.74, 6) is -2.32. The molecule has 27 heavy (non-hydrogen) atoms. The van der Waals surface area contributed by atoms with Gasteiger partial charge in [-0.15, -0.1) is 0 Å². The summed E-state index contributed by atoms with van der Waals surface area (Å²) in [4.78, 5) is 26.9. The Balaban J connectivity index is 1.78. The van der Waals surface area contributed by atoms with Crippen LogP contribution in [-0.4, -0.2) is 23.9 Å². The number of fused-ring (bicyclic) bond motifs is 1. The number of amides is 2. The first-order valence-corrected chi connectivity index (χ1v) is 8.73. The Morgan fingerprint density at radius 2 is 1.89 bits per heavy atom. The molecule has 0 saturated heterocycles. The Labute approximate surface area is 156 Å². The molecule has 0 spiro atoms. The van der Waals surface area contributed by atoms with E-state index in [9.17, 15) is 18.4 Å². The fourth-order valence-electron chi connectivity index (χ4n) is 3.20. The lowest BCUT2D eigenvalue weighted by atomic mass is 9.96. The summed E-state index contributed by atoms with van der Waals surface area (Å²) in [6.07, 6.45) is 0. The Hall–Kier alpha value is -2.80. The van der Waals surface area contributed by atoms with E-state index in [1.807, 2.05) is 6.92 Å². The van der Waals surface area contributed by atoms with Crippen molar-refractivity contribution in [1.29, 1.82) is 0 Å². The number of benzene rings is 2. The van der Waals surface area contributed by atoms with E-state index in [1.54, 1.807) is 43.4 Å². The van der Waals surface area contributed by atoms with E-state index in [1.165, 1.54) is 11.0 Å². The Kier molecular flexibility index (Phi) is 4.97. The normalized spacial score (nSPS) is 16.5. The quantitative estimate of drug-likeness (QED) is 0.863. The molecule has 3 rings (SSSR count). The number of hydrogen-bond acceptors (Lipinski definition) is 2. The lowest BCUT2D eigenvalue weighted by Gasteiger charge is -2.41. The number of carbonyl (C=O) groups is 2. The minimum atomic E-state index is -1.04. The first-order valence-electron chi connectivity index (χ1n) is 8.73. The van der Waals surface area contributed by atoms with Crippen LogP contribution in [0.3, 0.4) is 0 Å². The van der Waals surface area contributed by atoms with Crippen LogP contribution in [0.5, 0.6) is 0 Å². The monoisotopic (exact) mass is 374 g/mol. The van der Waals surface area contributed by atoms with Crippen molar-refractivity contribution in [2.45, 2.75) is 32.4 Å². The van der Waals surface area contributed by atoms with E-state index in [0.29, 0.717) is 16.9 Å². The number of para-hydroxylation sites is 2. The van der Waals surface area contributed by atoms with Gasteiger partial charge in [-0.05, 0) is 51.1 Å². The van der Waals surface area contributed by atoms with Gasteiger partial charge in [-0.3, -0.25) is 14.5 Å². The van der Waals surface area contributed by atoms with Crippen LogP contribution in [-0.2, 0) is 9.59 Å². The number of halogens is 2. The first-order chi connectivity index (χ1) is 12.7. The average Bonchev–Trinajstić information content (AvgIpc) is 2.62. The summed E-state index contributed by atoms with van der Waals surface area (Å²) < 4.78 is 26.5. The van der Waals surface area contributed by atoms with Crippen molar-refractivity contribution in [2.24, 2.45) is 0 Å². The van der Waals surface area contributed by atoms with Crippen LogP contribution in [0.4, 0.5) is 20.2 Å². The van der Waals surface area contributed by atoms with Gasteiger partial charge >= 0.3 is 0 Å². The van der Waals surface area contributed by atoms with E-state index in [4.69, 9.17) is 0 Å². The number of quaternary nitrogens is 1. The van der Waals surface area contributed by atoms with Crippen molar-refractivity contribution in [3.8, 4) is 0 Å². The van der Waals surface area contributed by atoms with Crippen LogP contribution < -0.4 is 15.5 Å². The second-order valence-corrected chi connectivity index (χ2v) is 7.16. The predicted molar refractivity (Wildman–Crippen MR) is 98.2 cm³/mol. The highest BCUT2D eigenvalue weighted by Gasteiger charge is 2.43. The van der Waals surface area contributed by atoms with Crippen LogP contribution in [0, 0.1) is 11.6 Å². The molecule has 0 fully saturated rings. The first kappa shape index (κ1) is 19.0. The number of anilines is 2. The van der Waals surface area contributed by atoms with Crippen molar-refractivity contribution < 1.29 is 23.7 Å². The van der Waals surface area contributed by atoms with Gasteiger partial charge in [0.2, 0.25) is 5.91 Å².